The highest BCUT2D eigenvalue weighted by Gasteiger charge is 2.19. The van der Waals surface area contributed by atoms with Gasteiger partial charge in [0.1, 0.15) is 0 Å². The molecule has 18 heavy (non-hydrogen) atoms. The molecule has 4 nitrogen and oxygen atoms in total. The van der Waals surface area contributed by atoms with Gasteiger partial charge < -0.3 is 10.2 Å². The highest BCUT2D eigenvalue weighted by atomic mass is 16.1. The number of likely N-dealkylation sites (tertiary alicyclic amines) is 1. The summed E-state index contributed by atoms with van der Waals surface area (Å²) in [6, 6.07) is 0.336. The lowest BCUT2D eigenvalue weighted by atomic mass is 10.0. The lowest BCUT2D eigenvalue weighted by Gasteiger charge is -2.32. The summed E-state index contributed by atoms with van der Waals surface area (Å²) in [7, 11) is 0. The molecular formula is C14H25N3O. The average Bonchev–Trinajstić information content (AvgIpc) is 2.38. The Balaban J connectivity index is 2.11. The molecule has 0 radical (unpaired) electrons. The molecule has 2 N–H and O–H groups in total. The second-order valence-corrected chi connectivity index (χ2v) is 4.84. The molecule has 0 unspecified atom stereocenters. The van der Waals surface area contributed by atoms with Crippen LogP contribution in [0.5, 0.6) is 0 Å². The van der Waals surface area contributed by atoms with Gasteiger partial charge in [0, 0.05) is 19.1 Å². The first-order chi connectivity index (χ1) is 8.76. The molecule has 0 aliphatic carbocycles. The molecule has 1 heterocycles. The summed E-state index contributed by atoms with van der Waals surface area (Å²) in [5, 5.41) is 5.96. The van der Waals surface area contributed by atoms with E-state index >= 15 is 0 Å². The molecular weight excluding hydrogens is 226 g/mol. The number of piperidine rings is 1. The molecule has 1 aliphatic heterocycles. The highest BCUT2D eigenvalue weighted by Crippen LogP contribution is 2.10. The maximum Gasteiger partial charge on any atom is 0.234 e. The molecule has 102 valence electrons. The van der Waals surface area contributed by atoms with E-state index in [1.807, 2.05) is 0 Å². The van der Waals surface area contributed by atoms with Crippen LogP contribution in [0.2, 0.25) is 0 Å². The van der Waals surface area contributed by atoms with Crippen LogP contribution in [-0.2, 0) is 4.79 Å². The Bertz CT molecular complexity index is 277. The standard InChI is InChI=1S/C14H25N3O/c1-3-5-9-17-10-6-13(7-11-17)16-14(18)12-15-8-4-2/h2,13,15H,3,5-12H2,1H3,(H,16,18). The maximum atomic E-state index is 11.6. The fourth-order valence-corrected chi connectivity index (χ4v) is 2.21. The van der Waals surface area contributed by atoms with Crippen molar-refractivity contribution < 1.29 is 4.79 Å². The maximum absolute atomic E-state index is 11.6. The minimum absolute atomic E-state index is 0.0530. The van der Waals surface area contributed by atoms with E-state index in [1.165, 1.54) is 19.4 Å². The number of hydrogen-bond acceptors (Lipinski definition) is 3. The summed E-state index contributed by atoms with van der Waals surface area (Å²) < 4.78 is 0. The Morgan fingerprint density at radius 1 is 1.44 bits per heavy atom. The topological polar surface area (TPSA) is 44.4 Å². The largest absolute Gasteiger partial charge is 0.352 e. The summed E-state index contributed by atoms with van der Waals surface area (Å²) in [6.45, 7) is 6.38. The smallest absolute Gasteiger partial charge is 0.234 e. The van der Waals surface area contributed by atoms with E-state index in [0.29, 0.717) is 19.1 Å². The average molecular weight is 251 g/mol. The minimum Gasteiger partial charge on any atom is -0.352 e. The molecule has 1 saturated heterocycles. The van der Waals surface area contributed by atoms with Crippen LogP contribution in [0.3, 0.4) is 0 Å². The molecule has 1 fully saturated rings. The van der Waals surface area contributed by atoms with Gasteiger partial charge in [-0.15, -0.1) is 6.42 Å². The first-order valence-electron chi connectivity index (χ1n) is 6.92. The van der Waals surface area contributed by atoms with Crippen LogP contribution < -0.4 is 10.6 Å². The molecule has 0 saturated carbocycles. The van der Waals surface area contributed by atoms with Crippen molar-refractivity contribution in [1.82, 2.24) is 15.5 Å². The summed E-state index contributed by atoms with van der Waals surface area (Å²) in [4.78, 5) is 14.1. The van der Waals surface area contributed by atoms with Gasteiger partial charge in [-0.05, 0) is 25.8 Å². The Morgan fingerprint density at radius 2 is 2.17 bits per heavy atom. The van der Waals surface area contributed by atoms with E-state index < -0.39 is 0 Å². The SMILES string of the molecule is C#CCNCC(=O)NC1CCN(CCCC)CC1. The first-order valence-corrected chi connectivity index (χ1v) is 6.92. The number of rotatable bonds is 7. The predicted octanol–water partition coefficient (Wildman–Crippen LogP) is 0.590. The third kappa shape index (κ3) is 6.04. The number of hydrogen-bond donors (Lipinski definition) is 2. The van der Waals surface area contributed by atoms with Gasteiger partial charge in [-0.3, -0.25) is 10.1 Å². The lowest BCUT2D eigenvalue weighted by Crippen LogP contribution is -2.47. The fourth-order valence-electron chi connectivity index (χ4n) is 2.21. The lowest BCUT2D eigenvalue weighted by molar-refractivity contribution is -0.121. The molecule has 0 spiro atoms. The molecule has 1 amide bonds. The summed E-state index contributed by atoms with van der Waals surface area (Å²) in [5.41, 5.74) is 0. The minimum atomic E-state index is 0.0530. The number of nitrogens with one attached hydrogen (secondary N) is 2. The van der Waals surface area contributed by atoms with Crippen LogP contribution in [0, 0.1) is 12.3 Å². The van der Waals surface area contributed by atoms with Gasteiger partial charge in [-0.1, -0.05) is 19.3 Å². The Morgan fingerprint density at radius 3 is 2.78 bits per heavy atom. The van der Waals surface area contributed by atoms with Crippen molar-refractivity contribution in [3.05, 3.63) is 0 Å². The summed E-state index contributed by atoms with van der Waals surface area (Å²) in [6.07, 6.45) is 9.74. The van der Waals surface area contributed by atoms with Crippen molar-refractivity contribution >= 4 is 5.91 Å². The number of terminal acetylenes is 1. The molecule has 0 aromatic heterocycles. The number of unbranched alkanes of at least 4 members (excludes halogenated alkanes) is 1. The van der Waals surface area contributed by atoms with Gasteiger partial charge in [-0.2, -0.15) is 0 Å². The van der Waals surface area contributed by atoms with E-state index in [-0.39, 0.29) is 5.91 Å². The number of nitrogens with zero attached hydrogens (tertiary/aromatic N) is 1. The van der Waals surface area contributed by atoms with Gasteiger partial charge in [0.25, 0.3) is 0 Å². The van der Waals surface area contributed by atoms with Gasteiger partial charge in [0.15, 0.2) is 0 Å². The van der Waals surface area contributed by atoms with E-state index in [4.69, 9.17) is 6.42 Å². The summed E-state index contributed by atoms with van der Waals surface area (Å²) >= 11 is 0. The van der Waals surface area contributed by atoms with Crippen molar-refractivity contribution in [2.45, 2.75) is 38.6 Å². The zero-order chi connectivity index (χ0) is 13.2. The normalized spacial score (nSPS) is 17.3. The first kappa shape index (κ1) is 15.0. The molecule has 0 atom stereocenters. The molecule has 0 aromatic rings. The number of carbonyl (C=O) groups is 1. The van der Waals surface area contributed by atoms with E-state index in [0.717, 1.165) is 25.9 Å². The van der Waals surface area contributed by atoms with Crippen molar-refractivity contribution in [1.29, 1.82) is 0 Å². The van der Waals surface area contributed by atoms with E-state index in [1.54, 1.807) is 0 Å². The van der Waals surface area contributed by atoms with Crippen molar-refractivity contribution in [3.8, 4) is 12.3 Å². The fraction of sp³-hybridized carbons (Fsp3) is 0.786. The van der Waals surface area contributed by atoms with Gasteiger partial charge in [0.2, 0.25) is 5.91 Å². The van der Waals surface area contributed by atoms with Crippen LogP contribution >= 0.6 is 0 Å². The van der Waals surface area contributed by atoms with Crippen LogP contribution in [-0.4, -0.2) is 49.6 Å². The summed E-state index contributed by atoms with van der Waals surface area (Å²) in [5.74, 6) is 2.51. The Hall–Kier alpha value is -1.05. The molecule has 0 bridgehead atoms. The Labute approximate surface area is 110 Å². The van der Waals surface area contributed by atoms with E-state index in [2.05, 4.69) is 28.4 Å². The van der Waals surface area contributed by atoms with Gasteiger partial charge >= 0.3 is 0 Å². The van der Waals surface area contributed by atoms with Crippen LogP contribution in [0.4, 0.5) is 0 Å². The second-order valence-electron chi connectivity index (χ2n) is 4.84. The van der Waals surface area contributed by atoms with Crippen molar-refractivity contribution in [2.75, 3.05) is 32.7 Å². The zero-order valence-corrected chi connectivity index (χ0v) is 11.4. The van der Waals surface area contributed by atoms with Crippen molar-refractivity contribution in [3.63, 3.8) is 0 Å². The quantitative estimate of drug-likeness (QED) is 0.514. The highest BCUT2D eigenvalue weighted by molar-refractivity contribution is 5.78. The van der Waals surface area contributed by atoms with Crippen LogP contribution in [0.15, 0.2) is 0 Å². The zero-order valence-electron chi connectivity index (χ0n) is 11.4. The van der Waals surface area contributed by atoms with Crippen LogP contribution in [0.25, 0.3) is 0 Å². The van der Waals surface area contributed by atoms with Gasteiger partial charge in [0.05, 0.1) is 13.1 Å². The van der Waals surface area contributed by atoms with Gasteiger partial charge in [-0.25, -0.2) is 0 Å². The molecule has 0 aromatic carbocycles. The third-order valence-electron chi connectivity index (χ3n) is 3.29. The molecule has 4 heteroatoms. The predicted molar refractivity (Wildman–Crippen MR) is 74.2 cm³/mol. The van der Waals surface area contributed by atoms with E-state index in [9.17, 15) is 4.79 Å². The number of carbonyl (C=O) groups excluding carboxylic acids is 1. The molecule has 1 aliphatic rings. The monoisotopic (exact) mass is 251 g/mol. The third-order valence-corrected chi connectivity index (χ3v) is 3.29. The Kier molecular flexibility index (Phi) is 7.47. The second kappa shape index (κ2) is 8.96. The van der Waals surface area contributed by atoms with Crippen LogP contribution in [0.1, 0.15) is 32.6 Å². The molecule has 1 rings (SSSR count). The number of amides is 1. The van der Waals surface area contributed by atoms with Crippen molar-refractivity contribution in [2.24, 2.45) is 0 Å².